The molecule has 0 aliphatic carbocycles. The molecule has 130 valence electrons. The van der Waals surface area contributed by atoms with E-state index in [4.69, 9.17) is 9.47 Å². The van der Waals surface area contributed by atoms with Gasteiger partial charge < -0.3 is 14.4 Å². The minimum atomic E-state index is -0.370. The van der Waals surface area contributed by atoms with Gasteiger partial charge in [-0.05, 0) is 30.5 Å². The molecule has 0 N–H and O–H groups in total. The normalized spacial score (nSPS) is 16.5. The Morgan fingerprint density at radius 3 is 2.36 bits per heavy atom. The van der Waals surface area contributed by atoms with Crippen LogP contribution in [-0.4, -0.2) is 36.2 Å². The van der Waals surface area contributed by atoms with Crippen LogP contribution in [0, 0.1) is 0 Å². The van der Waals surface area contributed by atoms with E-state index < -0.39 is 0 Å². The van der Waals surface area contributed by atoms with Crippen molar-refractivity contribution < 1.29 is 19.1 Å². The first kappa shape index (κ1) is 17.0. The zero-order chi connectivity index (χ0) is 17.5. The Balaban J connectivity index is 1.50. The molecule has 2 aromatic rings. The average molecular weight is 339 g/mol. The van der Waals surface area contributed by atoms with Crippen molar-refractivity contribution in [1.29, 1.82) is 0 Å². The number of likely N-dealkylation sites (tertiary alicyclic amines) is 1. The molecule has 0 radical (unpaired) electrons. The molecule has 25 heavy (non-hydrogen) atoms. The lowest BCUT2D eigenvalue weighted by Crippen LogP contribution is -2.39. The fraction of sp³-hybridized carbons (Fsp3) is 0.300. The van der Waals surface area contributed by atoms with Gasteiger partial charge in [-0.1, -0.05) is 48.5 Å². The molecule has 5 heteroatoms. The number of carbonyl (C=O) groups is 2. The quantitative estimate of drug-likeness (QED) is 0.780. The number of hydrogen-bond donors (Lipinski definition) is 0. The third-order valence-corrected chi connectivity index (χ3v) is 4.23. The first-order valence-corrected chi connectivity index (χ1v) is 8.43. The fourth-order valence-corrected chi connectivity index (χ4v) is 2.88. The summed E-state index contributed by atoms with van der Waals surface area (Å²) in [5.41, 5.74) is 1.46. The summed E-state index contributed by atoms with van der Waals surface area (Å²) in [5.74, 6) is -0.370. The molecule has 1 saturated heterocycles. The monoisotopic (exact) mass is 339 g/mol. The molecule has 0 bridgehead atoms. The van der Waals surface area contributed by atoms with Crippen LogP contribution in [0.2, 0.25) is 0 Å². The highest BCUT2D eigenvalue weighted by Gasteiger charge is 2.31. The third kappa shape index (κ3) is 4.59. The van der Waals surface area contributed by atoms with Gasteiger partial charge in [-0.25, -0.2) is 9.59 Å². The van der Waals surface area contributed by atoms with Crippen LogP contribution in [0.3, 0.4) is 0 Å². The number of rotatable bonds is 5. The van der Waals surface area contributed by atoms with Gasteiger partial charge in [-0.2, -0.15) is 0 Å². The van der Waals surface area contributed by atoms with E-state index in [0.29, 0.717) is 12.1 Å². The lowest BCUT2D eigenvalue weighted by atomic mass is 10.2. The SMILES string of the molecule is O=C(OC[C@H]1CCCN1C(=O)OCc1ccccc1)c1ccccc1. The smallest absolute Gasteiger partial charge is 0.410 e. The summed E-state index contributed by atoms with van der Waals surface area (Å²) in [6.07, 6.45) is 1.33. The van der Waals surface area contributed by atoms with Crippen LogP contribution in [-0.2, 0) is 16.1 Å². The minimum Gasteiger partial charge on any atom is -0.460 e. The minimum absolute atomic E-state index is 0.129. The Bertz CT molecular complexity index is 702. The Morgan fingerprint density at radius 2 is 1.64 bits per heavy atom. The second kappa shape index (κ2) is 8.33. The summed E-state index contributed by atoms with van der Waals surface area (Å²) in [4.78, 5) is 26.0. The maximum absolute atomic E-state index is 12.3. The molecular formula is C20H21NO4. The van der Waals surface area contributed by atoms with Gasteiger partial charge >= 0.3 is 12.1 Å². The molecule has 3 rings (SSSR count). The molecule has 1 aliphatic rings. The maximum atomic E-state index is 12.3. The molecule has 0 unspecified atom stereocenters. The summed E-state index contributed by atoms with van der Waals surface area (Å²) in [6.45, 7) is 1.06. The summed E-state index contributed by atoms with van der Waals surface area (Å²) in [5, 5.41) is 0. The van der Waals surface area contributed by atoms with Crippen molar-refractivity contribution in [2.75, 3.05) is 13.2 Å². The fourth-order valence-electron chi connectivity index (χ4n) is 2.88. The van der Waals surface area contributed by atoms with E-state index >= 15 is 0 Å². The largest absolute Gasteiger partial charge is 0.460 e. The van der Waals surface area contributed by atoms with Gasteiger partial charge in [0.25, 0.3) is 0 Å². The summed E-state index contributed by atoms with van der Waals surface area (Å²) >= 11 is 0. The van der Waals surface area contributed by atoms with E-state index in [1.54, 1.807) is 29.2 Å². The average Bonchev–Trinajstić information content (AvgIpc) is 3.14. The predicted molar refractivity (Wildman–Crippen MR) is 93.1 cm³/mol. The van der Waals surface area contributed by atoms with Crippen molar-refractivity contribution in [3.63, 3.8) is 0 Å². The Kier molecular flexibility index (Phi) is 5.67. The molecular weight excluding hydrogens is 318 g/mol. The molecule has 5 nitrogen and oxygen atoms in total. The van der Waals surface area contributed by atoms with Crippen molar-refractivity contribution in [1.82, 2.24) is 4.90 Å². The Labute approximate surface area is 147 Å². The molecule has 1 aliphatic heterocycles. The van der Waals surface area contributed by atoms with E-state index in [0.717, 1.165) is 18.4 Å². The third-order valence-electron chi connectivity index (χ3n) is 4.23. The first-order valence-electron chi connectivity index (χ1n) is 8.43. The van der Waals surface area contributed by atoms with Gasteiger partial charge in [-0.3, -0.25) is 0 Å². The van der Waals surface area contributed by atoms with Crippen molar-refractivity contribution in [3.05, 3.63) is 71.8 Å². The van der Waals surface area contributed by atoms with Crippen molar-refractivity contribution >= 4 is 12.1 Å². The highest BCUT2D eigenvalue weighted by molar-refractivity contribution is 5.89. The Morgan fingerprint density at radius 1 is 0.960 bits per heavy atom. The summed E-state index contributed by atoms with van der Waals surface area (Å²) < 4.78 is 10.7. The molecule has 1 amide bonds. The van der Waals surface area contributed by atoms with Crippen LogP contribution in [0.4, 0.5) is 4.79 Å². The number of ether oxygens (including phenoxy) is 2. The lowest BCUT2D eigenvalue weighted by molar-refractivity contribution is 0.0358. The molecule has 0 aromatic heterocycles. The van der Waals surface area contributed by atoms with E-state index in [9.17, 15) is 9.59 Å². The van der Waals surface area contributed by atoms with Crippen LogP contribution >= 0.6 is 0 Å². The van der Waals surface area contributed by atoms with Gasteiger partial charge in [0.15, 0.2) is 0 Å². The zero-order valence-electron chi connectivity index (χ0n) is 14.0. The van der Waals surface area contributed by atoms with Crippen molar-refractivity contribution in [2.45, 2.75) is 25.5 Å². The summed E-state index contributed by atoms with van der Waals surface area (Å²) in [7, 11) is 0. The van der Waals surface area contributed by atoms with E-state index in [2.05, 4.69) is 0 Å². The number of nitrogens with zero attached hydrogens (tertiary/aromatic N) is 1. The lowest BCUT2D eigenvalue weighted by Gasteiger charge is -2.23. The van der Waals surface area contributed by atoms with Gasteiger partial charge in [0.05, 0.1) is 11.6 Å². The molecule has 1 atom stereocenters. The van der Waals surface area contributed by atoms with E-state index in [1.807, 2.05) is 36.4 Å². The zero-order valence-corrected chi connectivity index (χ0v) is 14.0. The second-order valence-electron chi connectivity index (χ2n) is 5.99. The number of carbonyl (C=O) groups excluding carboxylic acids is 2. The molecule has 1 heterocycles. The van der Waals surface area contributed by atoms with Gasteiger partial charge in [0.2, 0.25) is 0 Å². The highest BCUT2D eigenvalue weighted by atomic mass is 16.6. The van der Waals surface area contributed by atoms with E-state index in [1.165, 1.54) is 0 Å². The van der Waals surface area contributed by atoms with Gasteiger partial charge in [0, 0.05) is 6.54 Å². The van der Waals surface area contributed by atoms with Crippen LogP contribution < -0.4 is 0 Å². The van der Waals surface area contributed by atoms with Crippen molar-refractivity contribution in [3.8, 4) is 0 Å². The van der Waals surface area contributed by atoms with Gasteiger partial charge in [-0.15, -0.1) is 0 Å². The Hall–Kier alpha value is -2.82. The van der Waals surface area contributed by atoms with Crippen LogP contribution in [0.5, 0.6) is 0 Å². The number of benzene rings is 2. The molecule has 2 aromatic carbocycles. The van der Waals surface area contributed by atoms with E-state index in [-0.39, 0.29) is 31.3 Å². The topological polar surface area (TPSA) is 55.8 Å². The van der Waals surface area contributed by atoms with Crippen LogP contribution in [0.25, 0.3) is 0 Å². The predicted octanol–water partition coefficient (Wildman–Crippen LogP) is 3.64. The maximum Gasteiger partial charge on any atom is 0.410 e. The van der Waals surface area contributed by atoms with Crippen LogP contribution in [0.15, 0.2) is 60.7 Å². The van der Waals surface area contributed by atoms with Crippen LogP contribution in [0.1, 0.15) is 28.8 Å². The molecule has 0 spiro atoms. The second-order valence-corrected chi connectivity index (χ2v) is 5.99. The first-order chi connectivity index (χ1) is 12.2. The number of esters is 1. The standard InChI is InChI=1S/C20H21NO4/c22-19(17-10-5-2-6-11-17)24-15-18-12-7-13-21(18)20(23)25-14-16-8-3-1-4-9-16/h1-6,8-11,18H,7,12-15H2/t18-/m1/s1. The summed E-state index contributed by atoms with van der Waals surface area (Å²) in [6, 6.07) is 18.3. The number of amides is 1. The number of hydrogen-bond acceptors (Lipinski definition) is 4. The molecule has 0 saturated carbocycles. The molecule has 1 fully saturated rings. The highest BCUT2D eigenvalue weighted by Crippen LogP contribution is 2.19. The van der Waals surface area contributed by atoms with Crippen molar-refractivity contribution in [2.24, 2.45) is 0 Å². The van der Waals surface area contributed by atoms with Gasteiger partial charge in [0.1, 0.15) is 13.2 Å².